The number of aliphatic imine (C=N–C) groups is 1. The first-order valence-corrected chi connectivity index (χ1v) is 2.70. The highest BCUT2D eigenvalue weighted by Gasteiger charge is 2.22. The van der Waals surface area contributed by atoms with Gasteiger partial charge in [0.05, 0.1) is 5.55 Å². The van der Waals surface area contributed by atoms with Gasteiger partial charge in [-0.15, -0.1) is 0 Å². The SMILES string of the molecule is FC1N=CSC1F. The molecule has 0 aromatic carbocycles. The Morgan fingerprint density at radius 3 is 2.43 bits per heavy atom. The molecule has 7 heavy (non-hydrogen) atoms. The monoisotopic (exact) mass is 123 g/mol. The van der Waals surface area contributed by atoms with Crippen LogP contribution in [0, 0.1) is 0 Å². The molecule has 0 aliphatic carbocycles. The van der Waals surface area contributed by atoms with E-state index in [1.54, 1.807) is 0 Å². The maximum atomic E-state index is 11.8. The Hall–Kier alpha value is -0.120. The van der Waals surface area contributed by atoms with E-state index in [0.717, 1.165) is 11.8 Å². The summed E-state index contributed by atoms with van der Waals surface area (Å²) in [4.78, 5) is 3.11. The minimum absolute atomic E-state index is 0.772. The van der Waals surface area contributed by atoms with Gasteiger partial charge in [0.15, 0.2) is 0 Å². The highest BCUT2D eigenvalue weighted by atomic mass is 32.2. The molecular formula is C3H3F2NS. The van der Waals surface area contributed by atoms with E-state index in [1.165, 1.54) is 5.55 Å². The molecule has 1 aliphatic heterocycles. The van der Waals surface area contributed by atoms with Gasteiger partial charge in [0.2, 0.25) is 11.8 Å². The largest absolute Gasteiger partial charge is 0.246 e. The zero-order chi connectivity index (χ0) is 5.28. The predicted octanol–water partition coefficient (Wildman–Crippen LogP) is 1.35. The summed E-state index contributed by atoms with van der Waals surface area (Å²) in [6.07, 6.45) is -1.62. The van der Waals surface area contributed by atoms with E-state index in [2.05, 4.69) is 4.99 Å². The van der Waals surface area contributed by atoms with Crippen LogP contribution >= 0.6 is 11.8 Å². The normalized spacial score (nSPS) is 39.7. The Kier molecular flexibility index (Phi) is 1.27. The predicted molar refractivity (Wildman–Crippen MR) is 25.9 cm³/mol. The molecule has 0 saturated carbocycles. The molecule has 4 heteroatoms. The number of alkyl halides is 2. The summed E-state index contributed by atoms with van der Waals surface area (Å²) >= 11 is 0.772. The minimum Gasteiger partial charge on any atom is -0.246 e. The highest BCUT2D eigenvalue weighted by Crippen LogP contribution is 2.23. The molecule has 40 valence electrons. The number of hydrogen-bond donors (Lipinski definition) is 0. The third-order valence-corrected chi connectivity index (χ3v) is 1.34. The molecule has 0 N–H and O–H groups in total. The smallest absolute Gasteiger partial charge is 0.231 e. The molecule has 0 radical (unpaired) electrons. The maximum absolute atomic E-state index is 11.8. The van der Waals surface area contributed by atoms with Crippen LogP contribution in [-0.4, -0.2) is 17.3 Å². The summed E-state index contributed by atoms with van der Waals surface area (Å²) in [7, 11) is 0. The van der Waals surface area contributed by atoms with Crippen LogP contribution in [0.5, 0.6) is 0 Å². The second-order valence-electron chi connectivity index (χ2n) is 1.11. The van der Waals surface area contributed by atoms with Gasteiger partial charge in [0, 0.05) is 0 Å². The van der Waals surface area contributed by atoms with Crippen molar-refractivity contribution in [3.8, 4) is 0 Å². The van der Waals surface area contributed by atoms with E-state index < -0.39 is 11.8 Å². The first kappa shape index (κ1) is 5.03. The van der Waals surface area contributed by atoms with Crippen molar-refractivity contribution in [2.24, 2.45) is 4.99 Å². The van der Waals surface area contributed by atoms with Gasteiger partial charge in [-0.05, 0) is 0 Å². The Morgan fingerprint density at radius 2 is 2.29 bits per heavy atom. The molecule has 0 saturated heterocycles. The van der Waals surface area contributed by atoms with E-state index in [1.807, 2.05) is 0 Å². The molecule has 0 bridgehead atoms. The van der Waals surface area contributed by atoms with Gasteiger partial charge in [-0.3, -0.25) is 0 Å². The van der Waals surface area contributed by atoms with Crippen LogP contribution in [0.1, 0.15) is 0 Å². The van der Waals surface area contributed by atoms with E-state index in [0.29, 0.717) is 0 Å². The quantitative estimate of drug-likeness (QED) is 0.443. The van der Waals surface area contributed by atoms with Gasteiger partial charge < -0.3 is 0 Å². The van der Waals surface area contributed by atoms with Crippen molar-refractivity contribution < 1.29 is 8.78 Å². The van der Waals surface area contributed by atoms with E-state index >= 15 is 0 Å². The topological polar surface area (TPSA) is 12.4 Å². The fourth-order valence-electron chi connectivity index (χ4n) is 0.284. The molecule has 2 atom stereocenters. The number of thioether (sulfide) groups is 1. The Balaban J connectivity index is 2.45. The van der Waals surface area contributed by atoms with Crippen molar-refractivity contribution in [3.05, 3.63) is 0 Å². The highest BCUT2D eigenvalue weighted by molar-refractivity contribution is 8.12. The summed E-state index contributed by atoms with van der Waals surface area (Å²) in [6, 6.07) is 0. The standard InChI is InChI=1S/C3H3F2NS/c4-2-3(5)7-1-6-2/h1-3H. The summed E-state index contributed by atoms with van der Waals surface area (Å²) in [5.41, 5.74) is -0.269. The molecule has 2 unspecified atom stereocenters. The molecule has 0 fully saturated rings. The third kappa shape index (κ3) is 0.907. The van der Waals surface area contributed by atoms with Crippen molar-refractivity contribution in [2.75, 3.05) is 0 Å². The van der Waals surface area contributed by atoms with Gasteiger partial charge in [0.1, 0.15) is 0 Å². The van der Waals surface area contributed by atoms with Crippen LogP contribution in [0.3, 0.4) is 0 Å². The van der Waals surface area contributed by atoms with Crippen molar-refractivity contribution in [1.29, 1.82) is 0 Å². The number of halogens is 2. The van der Waals surface area contributed by atoms with Crippen LogP contribution in [0.2, 0.25) is 0 Å². The molecule has 1 heterocycles. The van der Waals surface area contributed by atoms with Crippen molar-refractivity contribution in [2.45, 2.75) is 11.8 Å². The van der Waals surface area contributed by atoms with Gasteiger partial charge in [-0.2, -0.15) is 0 Å². The average molecular weight is 123 g/mol. The van der Waals surface area contributed by atoms with Crippen LogP contribution in [-0.2, 0) is 0 Å². The second kappa shape index (κ2) is 1.78. The lowest BCUT2D eigenvalue weighted by molar-refractivity contribution is 0.250. The Morgan fingerprint density at radius 1 is 1.57 bits per heavy atom. The first-order chi connectivity index (χ1) is 3.30. The fourth-order valence-corrected chi connectivity index (χ4v) is 0.787. The lowest BCUT2D eigenvalue weighted by atomic mass is 10.7. The zero-order valence-electron chi connectivity index (χ0n) is 3.34. The minimum atomic E-state index is -1.62. The van der Waals surface area contributed by atoms with Gasteiger partial charge >= 0.3 is 0 Å². The summed E-state index contributed by atoms with van der Waals surface area (Å²) in [5.74, 6) is 0. The van der Waals surface area contributed by atoms with Crippen LogP contribution in [0.15, 0.2) is 4.99 Å². The molecule has 1 aliphatic rings. The molecule has 0 aromatic heterocycles. The molecule has 0 amide bonds. The van der Waals surface area contributed by atoms with E-state index in [-0.39, 0.29) is 0 Å². The second-order valence-corrected chi connectivity index (χ2v) is 2.05. The van der Waals surface area contributed by atoms with Crippen molar-refractivity contribution in [3.63, 3.8) is 0 Å². The third-order valence-electron chi connectivity index (χ3n) is 0.610. The molecular weight excluding hydrogens is 120 g/mol. The lowest BCUT2D eigenvalue weighted by Crippen LogP contribution is -2.03. The van der Waals surface area contributed by atoms with Crippen molar-refractivity contribution >= 4 is 17.3 Å². The lowest BCUT2D eigenvalue weighted by Gasteiger charge is -1.94. The molecule has 1 rings (SSSR count). The van der Waals surface area contributed by atoms with E-state index in [4.69, 9.17) is 0 Å². The van der Waals surface area contributed by atoms with Crippen molar-refractivity contribution in [1.82, 2.24) is 0 Å². The molecule has 0 aromatic rings. The van der Waals surface area contributed by atoms with Crippen LogP contribution < -0.4 is 0 Å². The molecule has 1 nitrogen and oxygen atoms in total. The zero-order valence-corrected chi connectivity index (χ0v) is 4.16. The summed E-state index contributed by atoms with van der Waals surface area (Å²) in [6.45, 7) is 0. The Bertz CT molecular complexity index is 94.9. The summed E-state index contributed by atoms with van der Waals surface area (Å²) < 4.78 is 23.5. The van der Waals surface area contributed by atoms with Gasteiger partial charge in [-0.25, -0.2) is 13.8 Å². The first-order valence-electron chi connectivity index (χ1n) is 1.76. The van der Waals surface area contributed by atoms with Crippen LogP contribution in [0.4, 0.5) is 8.78 Å². The number of hydrogen-bond acceptors (Lipinski definition) is 2. The van der Waals surface area contributed by atoms with Gasteiger partial charge in [0.25, 0.3) is 0 Å². The number of rotatable bonds is 0. The fraction of sp³-hybridized carbons (Fsp3) is 0.667. The summed E-state index contributed by atoms with van der Waals surface area (Å²) in [5, 5.41) is 0. The van der Waals surface area contributed by atoms with Gasteiger partial charge in [-0.1, -0.05) is 11.8 Å². The van der Waals surface area contributed by atoms with Crippen LogP contribution in [0.25, 0.3) is 0 Å². The Labute approximate surface area is 43.8 Å². The number of nitrogens with zero attached hydrogens (tertiary/aromatic N) is 1. The maximum Gasteiger partial charge on any atom is 0.231 e. The van der Waals surface area contributed by atoms with E-state index in [9.17, 15) is 8.78 Å². The average Bonchev–Trinajstić information content (AvgIpc) is 1.91. The molecule has 0 spiro atoms.